The highest BCUT2D eigenvalue weighted by Crippen LogP contribution is 2.66. The molecule has 0 bridgehead atoms. The van der Waals surface area contributed by atoms with Crippen LogP contribution in [0.3, 0.4) is 0 Å². The molecule has 2 aliphatic carbocycles. The summed E-state index contributed by atoms with van der Waals surface area (Å²) in [7, 11) is 0. The van der Waals surface area contributed by atoms with E-state index in [4.69, 9.17) is 0 Å². The highest BCUT2D eigenvalue weighted by atomic mass is 15.1. The van der Waals surface area contributed by atoms with E-state index in [1.165, 1.54) is 77.2 Å². The molecule has 0 spiro atoms. The van der Waals surface area contributed by atoms with Crippen LogP contribution in [0.4, 0.5) is 34.1 Å². The molecule has 338 valence electrons. The molecule has 0 saturated heterocycles. The first kappa shape index (κ1) is 41.7. The van der Waals surface area contributed by atoms with Gasteiger partial charge in [0.25, 0.3) is 0 Å². The normalized spacial score (nSPS) is 14.8. The zero-order chi connectivity index (χ0) is 47.6. The van der Waals surface area contributed by atoms with Crippen molar-refractivity contribution in [3.8, 4) is 11.1 Å². The topological polar surface area (TPSA) is 6.48 Å². The summed E-state index contributed by atoms with van der Waals surface area (Å²) in [5.74, 6) is 0. The first-order valence-corrected chi connectivity index (χ1v) is 25.0. The smallest absolute Gasteiger partial charge is 0.0720 e. The molecule has 1 atom stereocenters. The summed E-state index contributed by atoms with van der Waals surface area (Å²) >= 11 is 0. The molecule has 0 N–H and O–H groups in total. The van der Waals surface area contributed by atoms with Gasteiger partial charge in [0.15, 0.2) is 0 Å². The number of hydrogen-bond acceptors (Lipinski definition) is 2. The molecule has 0 heterocycles. The highest BCUT2D eigenvalue weighted by molar-refractivity contribution is 6.00. The van der Waals surface area contributed by atoms with Gasteiger partial charge in [-0.3, -0.25) is 0 Å². The number of para-hydroxylation sites is 2. The molecule has 0 saturated carbocycles. The van der Waals surface area contributed by atoms with E-state index >= 15 is 0 Å². The Balaban J connectivity index is 1.04. The Morgan fingerprint density at radius 3 is 1.12 bits per heavy atom. The molecule has 0 radical (unpaired) electrons. The molecule has 72 heavy (non-hydrogen) atoms. The first-order chi connectivity index (χ1) is 35.7. The summed E-state index contributed by atoms with van der Waals surface area (Å²) in [5.41, 5.74) is 18.2. The van der Waals surface area contributed by atoms with Crippen molar-refractivity contribution in [1.82, 2.24) is 0 Å². The Hall–Kier alpha value is -9.24. The van der Waals surface area contributed by atoms with Crippen molar-refractivity contribution < 1.29 is 0 Å². The van der Waals surface area contributed by atoms with Crippen molar-refractivity contribution in [3.63, 3.8) is 0 Å². The summed E-state index contributed by atoms with van der Waals surface area (Å²) in [5, 5.41) is 4.83. The van der Waals surface area contributed by atoms with E-state index in [0.717, 1.165) is 34.1 Å². The second kappa shape index (κ2) is 16.7. The van der Waals surface area contributed by atoms with E-state index in [1.807, 2.05) is 0 Å². The van der Waals surface area contributed by atoms with Crippen LogP contribution < -0.4 is 9.80 Å². The number of benzene rings is 12. The van der Waals surface area contributed by atoms with Crippen LogP contribution in [0.5, 0.6) is 0 Å². The maximum Gasteiger partial charge on any atom is 0.0720 e. The third-order valence-electron chi connectivity index (χ3n) is 15.6. The van der Waals surface area contributed by atoms with Gasteiger partial charge in [0.1, 0.15) is 0 Å². The minimum absolute atomic E-state index is 0.541. The molecule has 2 aliphatic rings. The molecule has 0 aromatic heterocycles. The minimum Gasteiger partial charge on any atom is -0.310 e. The molecular formula is C70H48N2. The van der Waals surface area contributed by atoms with Gasteiger partial charge >= 0.3 is 0 Å². The average molecular weight is 917 g/mol. The van der Waals surface area contributed by atoms with Gasteiger partial charge in [-0.15, -0.1) is 0 Å². The average Bonchev–Trinajstić information content (AvgIpc) is 3.78. The zero-order valence-corrected chi connectivity index (χ0v) is 39.6. The predicted molar refractivity (Wildman–Crippen MR) is 300 cm³/mol. The Morgan fingerprint density at radius 1 is 0.222 bits per heavy atom. The van der Waals surface area contributed by atoms with Crippen LogP contribution in [0.2, 0.25) is 0 Å². The van der Waals surface area contributed by atoms with Gasteiger partial charge in [-0.2, -0.15) is 0 Å². The molecule has 1 unspecified atom stereocenters. The maximum absolute atomic E-state index is 2.43. The van der Waals surface area contributed by atoms with Crippen molar-refractivity contribution in [2.75, 3.05) is 9.80 Å². The van der Waals surface area contributed by atoms with Crippen LogP contribution in [0.25, 0.3) is 32.7 Å². The third kappa shape index (κ3) is 6.09. The molecule has 12 aromatic carbocycles. The molecular weight excluding hydrogens is 869 g/mol. The minimum atomic E-state index is -0.729. The predicted octanol–water partition coefficient (Wildman–Crippen LogP) is 18.0. The van der Waals surface area contributed by atoms with Crippen LogP contribution >= 0.6 is 0 Å². The standard InChI is InChI=1S/C70H48N2/c1-4-25-51(26-5-1)70-62-35-15-14-33-60(62)61-34-20-38-65(68(61)70)69(63-36-16-17-37-64(63)70,52-41-45-56(46-42-52)71(54-27-6-2-7-28-54)66-39-18-23-49-21-10-12-31-58(49)66)53-43-47-57(48-44-53)72(55-29-8-3-9-30-55)67-40-19-24-50-22-11-13-32-59(50)67/h1-48H. The van der Waals surface area contributed by atoms with Crippen LogP contribution in [0.15, 0.2) is 291 Å². The van der Waals surface area contributed by atoms with E-state index in [0.29, 0.717) is 0 Å². The zero-order valence-electron chi connectivity index (χ0n) is 39.6. The summed E-state index contributed by atoms with van der Waals surface area (Å²) in [4.78, 5) is 4.82. The fourth-order valence-corrected chi connectivity index (χ4v) is 12.7. The summed E-state index contributed by atoms with van der Waals surface area (Å²) in [6.07, 6.45) is 0. The summed E-state index contributed by atoms with van der Waals surface area (Å²) in [6.45, 7) is 0. The molecule has 14 rings (SSSR count). The highest BCUT2D eigenvalue weighted by Gasteiger charge is 2.57. The fourth-order valence-electron chi connectivity index (χ4n) is 12.7. The van der Waals surface area contributed by atoms with E-state index in [1.54, 1.807) is 0 Å². The Labute approximate surface area is 421 Å². The Bertz CT molecular complexity index is 3800. The van der Waals surface area contributed by atoms with Gasteiger partial charge in [0, 0.05) is 33.5 Å². The van der Waals surface area contributed by atoms with Crippen LogP contribution in [-0.4, -0.2) is 0 Å². The van der Waals surface area contributed by atoms with Crippen molar-refractivity contribution in [2.24, 2.45) is 0 Å². The lowest BCUT2D eigenvalue weighted by atomic mass is 9.52. The second-order valence-electron chi connectivity index (χ2n) is 19.1. The lowest BCUT2D eigenvalue weighted by Crippen LogP contribution is -2.44. The monoisotopic (exact) mass is 916 g/mol. The van der Waals surface area contributed by atoms with Gasteiger partial charge < -0.3 is 9.80 Å². The van der Waals surface area contributed by atoms with Gasteiger partial charge in [-0.1, -0.05) is 231 Å². The summed E-state index contributed by atoms with van der Waals surface area (Å²) in [6, 6.07) is 108. The Kier molecular flexibility index (Phi) is 9.69. The largest absolute Gasteiger partial charge is 0.310 e. The number of anilines is 6. The third-order valence-corrected chi connectivity index (χ3v) is 15.6. The first-order valence-electron chi connectivity index (χ1n) is 25.0. The van der Waals surface area contributed by atoms with Crippen LogP contribution in [-0.2, 0) is 10.8 Å². The van der Waals surface area contributed by atoms with Gasteiger partial charge in [-0.25, -0.2) is 0 Å². The van der Waals surface area contributed by atoms with Gasteiger partial charge in [0.2, 0.25) is 0 Å². The fraction of sp³-hybridized carbons (Fsp3) is 0.0286. The van der Waals surface area contributed by atoms with Crippen LogP contribution in [0.1, 0.15) is 44.5 Å². The molecule has 12 aromatic rings. The number of rotatable bonds is 9. The maximum atomic E-state index is 2.43. The number of fused-ring (bicyclic) bond motifs is 7. The quantitative estimate of drug-likeness (QED) is 0.142. The van der Waals surface area contributed by atoms with Crippen molar-refractivity contribution in [1.29, 1.82) is 0 Å². The molecule has 0 fully saturated rings. The lowest BCUT2D eigenvalue weighted by Gasteiger charge is -2.49. The van der Waals surface area contributed by atoms with Gasteiger partial charge in [-0.05, 0) is 127 Å². The lowest BCUT2D eigenvalue weighted by molar-refractivity contribution is 0.627. The molecule has 0 aliphatic heterocycles. The van der Waals surface area contributed by atoms with E-state index in [2.05, 4.69) is 301 Å². The second-order valence-corrected chi connectivity index (χ2v) is 19.1. The van der Waals surface area contributed by atoms with Gasteiger partial charge in [0.05, 0.1) is 22.2 Å². The Morgan fingerprint density at radius 2 is 0.583 bits per heavy atom. The van der Waals surface area contributed by atoms with Crippen molar-refractivity contribution in [3.05, 3.63) is 336 Å². The van der Waals surface area contributed by atoms with Crippen LogP contribution in [0, 0.1) is 0 Å². The van der Waals surface area contributed by atoms with E-state index in [-0.39, 0.29) is 0 Å². The SMILES string of the molecule is c1ccc(N(c2ccc(C3(c4ccc(N(c5ccccc5)c5cccc6ccccc56)cc4)c4ccccc4C4(c5ccccc5)c5ccccc5-c5cccc3c54)cc2)c2cccc3ccccc23)cc1. The van der Waals surface area contributed by atoms with E-state index in [9.17, 15) is 0 Å². The molecule has 0 amide bonds. The number of nitrogens with zero attached hydrogens (tertiary/aromatic N) is 2. The van der Waals surface area contributed by atoms with Crippen molar-refractivity contribution in [2.45, 2.75) is 10.8 Å². The molecule has 2 heteroatoms. The number of hydrogen-bond donors (Lipinski definition) is 0. The summed E-state index contributed by atoms with van der Waals surface area (Å²) < 4.78 is 0. The van der Waals surface area contributed by atoms with Crippen molar-refractivity contribution >= 4 is 55.7 Å². The van der Waals surface area contributed by atoms with E-state index < -0.39 is 10.8 Å². The molecule has 2 nitrogen and oxygen atoms in total.